The fourth-order valence-corrected chi connectivity index (χ4v) is 2.41. The summed E-state index contributed by atoms with van der Waals surface area (Å²) in [6.45, 7) is 6.61. The van der Waals surface area contributed by atoms with Crippen LogP contribution in [0.5, 0.6) is 0 Å². The van der Waals surface area contributed by atoms with Gasteiger partial charge in [0.1, 0.15) is 5.41 Å². The Hall–Kier alpha value is -1.26. The van der Waals surface area contributed by atoms with Gasteiger partial charge in [0.15, 0.2) is 5.84 Å². The van der Waals surface area contributed by atoms with Gasteiger partial charge in [0.2, 0.25) is 5.91 Å². The number of oxime groups is 1. The Balaban J connectivity index is 2.71. The molecule has 1 aliphatic carbocycles. The van der Waals surface area contributed by atoms with Crippen molar-refractivity contribution in [2.75, 3.05) is 6.54 Å². The van der Waals surface area contributed by atoms with Crippen LogP contribution in [0.4, 0.5) is 0 Å². The van der Waals surface area contributed by atoms with E-state index in [1.807, 2.05) is 13.8 Å². The summed E-state index contributed by atoms with van der Waals surface area (Å²) in [4.78, 5) is 12.3. The summed E-state index contributed by atoms with van der Waals surface area (Å²) >= 11 is 0. The molecule has 0 atom stereocenters. The zero-order valence-corrected chi connectivity index (χ0v) is 11.6. The summed E-state index contributed by atoms with van der Waals surface area (Å²) in [6, 6.07) is 0. The minimum Gasteiger partial charge on any atom is -0.409 e. The Labute approximate surface area is 109 Å². The zero-order chi connectivity index (χ0) is 13.8. The lowest BCUT2D eigenvalue weighted by atomic mass is 9.80. The standard InChI is InChI=1S/C13H25N3O2/c1-4-12(7-8-12)9-15-11(17)13(5-2,6-3)10(14)16-18/h18H,4-9H2,1-3H3,(H2,14,16)(H,15,17). The number of amidine groups is 1. The van der Waals surface area contributed by atoms with Crippen LogP contribution < -0.4 is 11.1 Å². The molecular weight excluding hydrogens is 230 g/mol. The summed E-state index contributed by atoms with van der Waals surface area (Å²) in [5.74, 6) is -0.117. The molecule has 0 bridgehead atoms. The maximum Gasteiger partial charge on any atom is 0.233 e. The Morgan fingerprint density at radius 1 is 1.39 bits per heavy atom. The first-order chi connectivity index (χ1) is 8.50. The van der Waals surface area contributed by atoms with Crippen LogP contribution in [0.25, 0.3) is 0 Å². The van der Waals surface area contributed by atoms with Gasteiger partial charge in [-0.1, -0.05) is 25.9 Å². The molecule has 0 aliphatic heterocycles. The number of amides is 1. The molecule has 5 heteroatoms. The van der Waals surface area contributed by atoms with Crippen LogP contribution in [0, 0.1) is 10.8 Å². The Morgan fingerprint density at radius 2 is 1.94 bits per heavy atom. The third kappa shape index (κ3) is 2.60. The molecule has 0 unspecified atom stereocenters. The molecule has 1 fully saturated rings. The molecule has 0 heterocycles. The second kappa shape index (κ2) is 5.59. The molecular formula is C13H25N3O2. The number of carbonyl (C=O) groups is 1. The SMILES string of the molecule is CCC1(CNC(=O)C(CC)(CC)C(N)=NO)CC1. The summed E-state index contributed by atoms with van der Waals surface area (Å²) in [5, 5.41) is 14.9. The second-order valence-corrected chi connectivity index (χ2v) is 5.31. The molecule has 4 N–H and O–H groups in total. The molecule has 0 aromatic rings. The van der Waals surface area contributed by atoms with E-state index in [2.05, 4.69) is 17.4 Å². The number of nitrogens with zero attached hydrogens (tertiary/aromatic N) is 1. The van der Waals surface area contributed by atoms with Crippen LogP contribution in [0.3, 0.4) is 0 Å². The lowest BCUT2D eigenvalue weighted by Gasteiger charge is -2.29. The molecule has 0 saturated heterocycles. The molecule has 0 aromatic heterocycles. The molecule has 1 amide bonds. The summed E-state index contributed by atoms with van der Waals surface area (Å²) < 4.78 is 0. The average molecular weight is 255 g/mol. The molecule has 1 aliphatic rings. The first kappa shape index (κ1) is 14.8. The summed E-state index contributed by atoms with van der Waals surface area (Å²) in [7, 11) is 0. The molecule has 1 saturated carbocycles. The molecule has 104 valence electrons. The summed E-state index contributed by atoms with van der Waals surface area (Å²) in [6.07, 6.45) is 4.51. The van der Waals surface area contributed by atoms with Crippen molar-refractivity contribution < 1.29 is 10.0 Å². The van der Waals surface area contributed by atoms with E-state index in [0.717, 1.165) is 6.42 Å². The minimum atomic E-state index is -0.876. The number of hydrogen-bond acceptors (Lipinski definition) is 3. The van der Waals surface area contributed by atoms with E-state index in [-0.39, 0.29) is 11.7 Å². The van der Waals surface area contributed by atoms with Crippen LogP contribution in [-0.4, -0.2) is 23.5 Å². The first-order valence-corrected chi connectivity index (χ1v) is 6.76. The fraction of sp³-hybridized carbons (Fsp3) is 0.846. The van der Waals surface area contributed by atoms with Gasteiger partial charge in [-0.3, -0.25) is 4.79 Å². The maximum absolute atomic E-state index is 12.3. The van der Waals surface area contributed by atoms with Gasteiger partial charge in [-0.05, 0) is 37.5 Å². The first-order valence-electron chi connectivity index (χ1n) is 6.76. The van der Waals surface area contributed by atoms with Crippen LogP contribution >= 0.6 is 0 Å². The highest BCUT2D eigenvalue weighted by atomic mass is 16.4. The zero-order valence-electron chi connectivity index (χ0n) is 11.6. The largest absolute Gasteiger partial charge is 0.409 e. The Bertz CT molecular complexity index is 331. The van der Waals surface area contributed by atoms with Gasteiger partial charge >= 0.3 is 0 Å². The highest BCUT2D eigenvalue weighted by Crippen LogP contribution is 2.48. The van der Waals surface area contributed by atoms with E-state index in [1.54, 1.807) is 0 Å². The van der Waals surface area contributed by atoms with Crippen LogP contribution in [0.1, 0.15) is 52.9 Å². The van der Waals surface area contributed by atoms with Gasteiger partial charge in [-0.2, -0.15) is 0 Å². The van der Waals surface area contributed by atoms with E-state index in [0.29, 0.717) is 24.8 Å². The van der Waals surface area contributed by atoms with Gasteiger partial charge in [-0.15, -0.1) is 0 Å². The van der Waals surface area contributed by atoms with Crippen molar-refractivity contribution >= 4 is 11.7 Å². The number of nitrogens with one attached hydrogen (secondary N) is 1. The molecule has 0 spiro atoms. The monoisotopic (exact) mass is 255 g/mol. The molecule has 0 radical (unpaired) electrons. The van der Waals surface area contributed by atoms with Gasteiger partial charge in [0, 0.05) is 6.54 Å². The topological polar surface area (TPSA) is 87.7 Å². The van der Waals surface area contributed by atoms with Crippen molar-refractivity contribution in [3.8, 4) is 0 Å². The Morgan fingerprint density at radius 3 is 2.28 bits per heavy atom. The summed E-state index contributed by atoms with van der Waals surface area (Å²) in [5.41, 5.74) is 5.12. The highest BCUT2D eigenvalue weighted by molar-refractivity contribution is 6.06. The highest BCUT2D eigenvalue weighted by Gasteiger charge is 2.44. The van der Waals surface area contributed by atoms with Gasteiger partial charge in [0.25, 0.3) is 0 Å². The molecule has 18 heavy (non-hydrogen) atoms. The smallest absolute Gasteiger partial charge is 0.233 e. The minimum absolute atomic E-state index is 0.00588. The maximum atomic E-state index is 12.3. The van der Waals surface area contributed by atoms with E-state index in [4.69, 9.17) is 10.9 Å². The normalized spacial score (nSPS) is 18.5. The van der Waals surface area contributed by atoms with Crippen molar-refractivity contribution in [1.29, 1.82) is 0 Å². The average Bonchev–Trinajstić information content (AvgIpc) is 3.18. The van der Waals surface area contributed by atoms with Gasteiger partial charge in [-0.25, -0.2) is 0 Å². The third-order valence-corrected chi connectivity index (χ3v) is 4.57. The van der Waals surface area contributed by atoms with Crippen molar-refractivity contribution in [3.63, 3.8) is 0 Å². The van der Waals surface area contributed by atoms with E-state index >= 15 is 0 Å². The second-order valence-electron chi connectivity index (χ2n) is 5.31. The molecule has 0 aromatic carbocycles. The molecule has 5 nitrogen and oxygen atoms in total. The van der Waals surface area contributed by atoms with E-state index < -0.39 is 5.41 Å². The van der Waals surface area contributed by atoms with Crippen molar-refractivity contribution in [2.45, 2.75) is 52.9 Å². The van der Waals surface area contributed by atoms with Crippen molar-refractivity contribution in [2.24, 2.45) is 21.7 Å². The van der Waals surface area contributed by atoms with Crippen LogP contribution in [-0.2, 0) is 4.79 Å². The Kier molecular flexibility index (Phi) is 4.59. The lowest BCUT2D eigenvalue weighted by Crippen LogP contribution is -2.50. The predicted molar refractivity (Wildman–Crippen MR) is 71.4 cm³/mol. The number of hydrogen-bond donors (Lipinski definition) is 3. The quantitative estimate of drug-likeness (QED) is 0.281. The lowest BCUT2D eigenvalue weighted by molar-refractivity contribution is -0.128. The van der Waals surface area contributed by atoms with Gasteiger partial charge < -0.3 is 16.3 Å². The predicted octanol–water partition coefficient (Wildman–Crippen LogP) is 1.85. The number of rotatable bonds is 7. The van der Waals surface area contributed by atoms with E-state index in [9.17, 15) is 4.79 Å². The van der Waals surface area contributed by atoms with Gasteiger partial charge in [0.05, 0.1) is 0 Å². The third-order valence-electron chi connectivity index (χ3n) is 4.57. The molecule has 1 rings (SSSR count). The van der Waals surface area contributed by atoms with Crippen molar-refractivity contribution in [1.82, 2.24) is 5.32 Å². The van der Waals surface area contributed by atoms with Crippen LogP contribution in [0.15, 0.2) is 5.16 Å². The fourth-order valence-electron chi connectivity index (χ4n) is 2.41. The van der Waals surface area contributed by atoms with Crippen molar-refractivity contribution in [3.05, 3.63) is 0 Å². The number of nitrogens with two attached hydrogens (primary N) is 1. The number of carbonyl (C=O) groups excluding carboxylic acids is 1. The van der Waals surface area contributed by atoms with Crippen LogP contribution in [0.2, 0.25) is 0 Å². The van der Waals surface area contributed by atoms with E-state index in [1.165, 1.54) is 12.8 Å².